The Labute approximate surface area is 473 Å². The SMILES string of the molecule is NC(=O)CN1CCN(CC(N)=O)CCN(CC(N)=O)C(Cc2ccc(NC(=S)NCC3CCC(C(=O)N(CCCC[C@H](NC(=O)N[C@@H](CCC(=O)O)C(=O)O)C(=O)O)Cc4ccc(I)cc4)CC3)cc2)CN(CC(N)=O)CC1. The molecule has 0 bridgehead atoms. The van der Waals surface area contributed by atoms with Crippen LogP contribution in [0, 0.1) is 15.4 Å². The quantitative estimate of drug-likeness (QED) is 0.0297. The van der Waals surface area contributed by atoms with E-state index in [1.54, 1.807) is 4.90 Å². The van der Waals surface area contributed by atoms with Crippen molar-refractivity contribution in [3.05, 3.63) is 63.2 Å². The largest absolute Gasteiger partial charge is 0.481 e. The Morgan fingerprint density at radius 1 is 0.654 bits per heavy atom. The molecule has 27 heteroatoms. The first-order valence-corrected chi connectivity index (χ1v) is 27.5. The highest BCUT2D eigenvalue weighted by Crippen LogP contribution is 2.31. The van der Waals surface area contributed by atoms with E-state index in [-0.39, 0.29) is 62.8 Å². The van der Waals surface area contributed by atoms with Crippen molar-refractivity contribution >= 4 is 99.1 Å². The van der Waals surface area contributed by atoms with E-state index in [1.165, 1.54) is 0 Å². The van der Waals surface area contributed by atoms with E-state index in [0.717, 1.165) is 33.2 Å². The predicted octanol–water partition coefficient (Wildman–Crippen LogP) is -0.273. The number of carbonyl (C=O) groups excluding carboxylic acids is 6. The molecule has 2 aromatic rings. The van der Waals surface area contributed by atoms with Gasteiger partial charge >= 0.3 is 23.9 Å². The van der Waals surface area contributed by atoms with Crippen LogP contribution in [-0.2, 0) is 51.3 Å². The van der Waals surface area contributed by atoms with E-state index in [1.807, 2.05) is 68.1 Å². The summed E-state index contributed by atoms with van der Waals surface area (Å²) in [7, 11) is 0. The molecule has 7 amide bonds. The minimum absolute atomic E-state index is 0.00381. The van der Waals surface area contributed by atoms with Crippen LogP contribution < -0.4 is 44.2 Å². The summed E-state index contributed by atoms with van der Waals surface area (Å²) in [6.45, 7) is 3.66. The molecule has 25 nitrogen and oxygen atoms in total. The van der Waals surface area contributed by atoms with Crippen molar-refractivity contribution in [3.63, 3.8) is 0 Å². The fourth-order valence-electron chi connectivity index (χ4n) is 9.62. The maximum atomic E-state index is 14.2. The van der Waals surface area contributed by atoms with Gasteiger partial charge in [-0.1, -0.05) is 24.3 Å². The topological polar surface area (TPSA) is 383 Å². The molecule has 2 aromatic carbocycles. The standard InChI is InChI=1S/C51H76IN13O12S/c52-37-12-6-35(7-13-37)27-65(18-2-1-3-40(48(73)74)59-50(77)60-41(49(75)76)16-17-46(70)71)47(72)36-10-4-34(5-11-36)26-57-51(78)58-38-14-8-33(9-15-38)25-39-28-63(31-44(55)68)22-21-61(29-42(53)66)19-20-62(30-43(54)67)23-24-64(39)32-45(56)69/h6-9,12-15,34,36,39-41H,1-5,10-11,16-32H2,(H2,53,66)(H2,54,67)(H2,55,68)(H2,56,69)(H,70,71)(H,73,74)(H,75,76)(H2,57,58,78)(H2,59,60,77)/t34?,36?,39?,40-,41-/m0/s1. The van der Waals surface area contributed by atoms with Gasteiger partial charge in [0.25, 0.3) is 0 Å². The Morgan fingerprint density at radius 2 is 1.17 bits per heavy atom. The van der Waals surface area contributed by atoms with Crippen molar-refractivity contribution in [2.75, 3.05) is 90.4 Å². The lowest BCUT2D eigenvalue weighted by molar-refractivity contribution is -0.141. The highest BCUT2D eigenvalue weighted by Gasteiger charge is 2.31. The Bertz CT molecular complexity index is 2360. The van der Waals surface area contributed by atoms with Crippen LogP contribution in [0.3, 0.4) is 0 Å². The van der Waals surface area contributed by atoms with Crippen molar-refractivity contribution in [2.24, 2.45) is 34.8 Å². The van der Waals surface area contributed by atoms with Gasteiger partial charge in [0.2, 0.25) is 29.5 Å². The van der Waals surface area contributed by atoms with Gasteiger partial charge in [-0.2, -0.15) is 0 Å². The minimum Gasteiger partial charge on any atom is -0.481 e. The first-order chi connectivity index (χ1) is 37.0. The molecule has 1 heterocycles. The molecule has 1 saturated carbocycles. The first kappa shape index (κ1) is 64.3. The van der Waals surface area contributed by atoms with Crippen molar-refractivity contribution in [1.29, 1.82) is 0 Å². The Hall–Kier alpha value is -6.27. The number of unbranched alkanes of at least 4 members (excludes halogenated alkanes) is 1. The summed E-state index contributed by atoms with van der Waals surface area (Å²) in [5.41, 5.74) is 25.2. The van der Waals surface area contributed by atoms with Gasteiger partial charge in [0.1, 0.15) is 12.1 Å². The fraction of sp³-hybridized carbons (Fsp3) is 0.569. The van der Waals surface area contributed by atoms with E-state index in [0.29, 0.717) is 103 Å². The second-order valence-corrected chi connectivity index (χ2v) is 21.6. The number of aliphatic carboxylic acids is 3. The molecule has 1 aliphatic heterocycles. The number of nitrogens with two attached hydrogens (primary N) is 4. The number of primary amides is 4. The van der Waals surface area contributed by atoms with Gasteiger partial charge in [0.05, 0.1) is 26.2 Å². The normalized spacial score (nSPS) is 18.9. The van der Waals surface area contributed by atoms with E-state index in [4.69, 9.17) is 40.3 Å². The molecule has 0 spiro atoms. The number of anilines is 1. The van der Waals surface area contributed by atoms with E-state index in [2.05, 4.69) is 43.9 Å². The third-order valence-electron chi connectivity index (χ3n) is 13.7. The van der Waals surface area contributed by atoms with Crippen LogP contribution in [0.1, 0.15) is 68.9 Å². The lowest BCUT2D eigenvalue weighted by Crippen LogP contribution is -2.54. The molecule has 0 aromatic heterocycles. The summed E-state index contributed by atoms with van der Waals surface area (Å²) >= 11 is 7.90. The molecule has 1 saturated heterocycles. The van der Waals surface area contributed by atoms with Gasteiger partial charge in [0, 0.05) is 93.1 Å². The average Bonchev–Trinajstić information content (AvgIpc) is 3.37. The molecule has 78 heavy (non-hydrogen) atoms. The Kier molecular flexibility index (Phi) is 27.4. The molecule has 15 N–H and O–H groups in total. The number of urea groups is 1. The molecular weight excluding hydrogens is 1150 g/mol. The predicted molar refractivity (Wildman–Crippen MR) is 301 cm³/mol. The van der Waals surface area contributed by atoms with Crippen LogP contribution in [0.5, 0.6) is 0 Å². The number of nitrogens with zero attached hydrogens (tertiary/aromatic N) is 5. The molecule has 4 rings (SSSR count). The van der Waals surface area contributed by atoms with E-state index in [9.17, 15) is 53.4 Å². The van der Waals surface area contributed by atoms with Crippen molar-refractivity contribution in [2.45, 2.75) is 88.9 Å². The number of rotatable bonds is 28. The maximum Gasteiger partial charge on any atom is 0.326 e. The second kappa shape index (κ2) is 33.2. The molecule has 3 atom stereocenters. The van der Waals surface area contributed by atoms with Crippen LogP contribution in [0.25, 0.3) is 0 Å². The summed E-state index contributed by atoms with van der Waals surface area (Å²) in [6, 6.07) is 11.2. The number of nitrogens with one attached hydrogen (secondary N) is 4. The number of hydrogen-bond acceptors (Lipinski definition) is 14. The van der Waals surface area contributed by atoms with Crippen LogP contribution in [0.4, 0.5) is 10.5 Å². The lowest BCUT2D eigenvalue weighted by atomic mass is 9.81. The molecule has 1 unspecified atom stereocenters. The fourth-order valence-corrected chi connectivity index (χ4v) is 10.2. The van der Waals surface area contributed by atoms with Crippen molar-refractivity contribution in [1.82, 2.24) is 40.4 Å². The monoisotopic (exact) mass is 1220 g/mol. The van der Waals surface area contributed by atoms with Crippen LogP contribution in [-0.4, -0.2) is 202 Å². The first-order valence-electron chi connectivity index (χ1n) is 26.0. The van der Waals surface area contributed by atoms with Crippen LogP contribution >= 0.6 is 34.8 Å². The molecule has 2 aliphatic rings. The third kappa shape index (κ3) is 24.6. The lowest BCUT2D eigenvalue weighted by Gasteiger charge is -2.38. The van der Waals surface area contributed by atoms with E-state index < -0.39 is 66.1 Å². The smallest absolute Gasteiger partial charge is 0.326 e. The zero-order valence-electron chi connectivity index (χ0n) is 43.8. The van der Waals surface area contributed by atoms with Crippen molar-refractivity contribution < 1.29 is 58.5 Å². The summed E-state index contributed by atoms with van der Waals surface area (Å²) in [4.78, 5) is 119. The maximum absolute atomic E-state index is 14.2. The van der Waals surface area contributed by atoms with Gasteiger partial charge in [-0.15, -0.1) is 0 Å². The van der Waals surface area contributed by atoms with Crippen LogP contribution in [0.15, 0.2) is 48.5 Å². The number of amides is 7. The third-order valence-corrected chi connectivity index (χ3v) is 14.7. The van der Waals surface area contributed by atoms with Gasteiger partial charge in [-0.05, 0) is 134 Å². The number of carboxylic acid groups (broad SMARTS) is 3. The highest BCUT2D eigenvalue weighted by atomic mass is 127. The Balaban J connectivity index is 1.33. The molecule has 0 radical (unpaired) electrons. The summed E-state index contributed by atoms with van der Waals surface area (Å²) in [5.74, 6) is -6.11. The summed E-state index contributed by atoms with van der Waals surface area (Å²) in [6.07, 6.45) is 3.22. The molecule has 2 fully saturated rings. The second-order valence-electron chi connectivity index (χ2n) is 19.9. The zero-order chi connectivity index (χ0) is 57.3. The van der Waals surface area contributed by atoms with E-state index >= 15 is 0 Å². The minimum atomic E-state index is -1.52. The zero-order valence-corrected chi connectivity index (χ0v) is 46.8. The summed E-state index contributed by atoms with van der Waals surface area (Å²) < 4.78 is 1.04. The molecule has 430 valence electrons. The average molecular weight is 1220 g/mol. The summed E-state index contributed by atoms with van der Waals surface area (Å²) in [5, 5.41) is 39.5. The molecular formula is C51H76IN13O12S. The number of carbonyl (C=O) groups is 9. The van der Waals surface area contributed by atoms with Gasteiger partial charge in [-0.25, -0.2) is 14.4 Å². The van der Waals surface area contributed by atoms with Crippen molar-refractivity contribution in [3.8, 4) is 0 Å². The molecule has 1 aliphatic carbocycles. The van der Waals surface area contributed by atoms with Crippen LogP contribution in [0.2, 0.25) is 0 Å². The Morgan fingerprint density at radius 3 is 1.71 bits per heavy atom. The van der Waals surface area contributed by atoms with Gasteiger partial charge in [-0.3, -0.25) is 48.4 Å². The number of halogens is 1. The number of hydrogen-bond donors (Lipinski definition) is 11. The number of thiocarbonyl (C=S) groups is 1. The van der Waals surface area contributed by atoms with Gasteiger partial charge < -0.3 is 64.4 Å². The highest BCUT2D eigenvalue weighted by molar-refractivity contribution is 14.1. The number of benzene rings is 2. The van der Waals surface area contributed by atoms with Gasteiger partial charge in [0.15, 0.2) is 5.11 Å². The number of carboxylic acids is 3.